The number of hydrogen-bond donors (Lipinski definition) is 3. The third-order valence-electron chi connectivity index (χ3n) is 4.26. The summed E-state index contributed by atoms with van der Waals surface area (Å²) < 4.78 is 5.64. The Bertz CT molecular complexity index is 611. The highest BCUT2D eigenvalue weighted by Crippen LogP contribution is 2.27. The van der Waals surface area contributed by atoms with Crippen LogP contribution in [-0.2, 0) is 6.54 Å². The van der Waals surface area contributed by atoms with Crippen LogP contribution in [0, 0.1) is 0 Å². The maximum atomic E-state index is 11.8. The van der Waals surface area contributed by atoms with Gasteiger partial charge in [-0.2, -0.15) is 0 Å². The lowest BCUT2D eigenvalue weighted by Gasteiger charge is -2.32. The van der Waals surface area contributed by atoms with Crippen molar-refractivity contribution in [2.24, 2.45) is 0 Å². The van der Waals surface area contributed by atoms with Gasteiger partial charge in [0, 0.05) is 11.9 Å². The summed E-state index contributed by atoms with van der Waals surface area (Å²) in [5.74, 6) is 0.715. The smallest absolute Gasteiger partial charge is 0.315 e. The molecule has 22 heavy (non-hydrogen) atoms. The zero-order chi connectivity index (χ0) is 15.4. The van der Waals surface area contributed by atoms with Crippen molar-refractivity contribution in [3.63, 3.8) is 0 Å². The third kappa shape index (κ3) is 3.60. The fourth-order valence-electron chi connectivity index (χ4n) is 2.99. The van der Waals surface area contributed by atoms with Gasteiger partial charge < -0.3 is 20.2 Å². The number of rotatable bonds is 4. The van der Waals surface area contributed by atoms with Crippen LogP contribution in [-0.4, -0.2) is 23.3 Å². The molecule has 5 heteroatoms. The Hall–Kier alpha value is -2.01. The lowest BCUT2D eigenvalue weighted by molar-refractivity contribution is 0.00718. The lowest BCUT2D eigenvalue weighted by atomic mass is 9.85. The first-order chi connectivity index (χ1) is 10.6. The molecular weight excluding hydrogens is 280 g/mol. The third-order valence-corrected chi connectivity index (χ3v) is 4.26. The first-order valence-electron chi connectivity index (χ1n) is 7.86. The number of nitrogens with one attached hydrogen (secondary N) is 2. The maximum Gasteiger partial charge on any atom is 0.315 e. The number of benzene rings is 1. The summed E-state index contributed by atoms with van der Waals surface area (Å²) in [4.78, 5) is 11.8. The number of hydrogen-bond acceptors (Lipinski definition) is 3. The van der Waals surface area contributed by atoms with Crippen molar-refractivity contribution in [2.45, 2.75) is 44.2 Å². The van der Waals surface area contributed by atoms with Gasteiger partial charge in [0.15, 0.2) is 0 Å². The van der Waals surface area contributed by atoms with Crippen LogP contribution in [0.5, 0.6) is 0 Å². The topological polar surface area (TPSA) is 74.5 Å². The largest absolute Gasteiger partial charge is 0.459 e. The molecule has 1 aromatic carbocycles. The van der Waals surface area contributed by atoms with Gasteiger partial charge in [-0.25, -0.2) is 4.79 Å². The van der Waals surface area contributed by atoms with Crippen molar-refractivity contribution >= 4 is 17.0 Å². The molecule has 0 bridgehead atoms. The summed E-state index contributed by atoms with van der Waals surface area (Å²) in [6.07, 6.45) is 4.74. The second-order valence-electron chi connectivity index (χ2n) is 6.07. The lowest BCUT2D eigenvalue weighted by Crippen LogP contribution is -2.47. The number of fused-ring (bicyclic) bond motifs is 1. The molecule has 0 radical (unpaired) electrons. The number of furan rings is 1. The van der Waals surface area contributed by atoms with E-state index in [1.54, 1.807) is 0 Å². The fourth-order valence-corrected chi connectivity index (χ4v) is 2.99. The standard InChI is InChI=1S/C17H22N2O3/c20-16(19-12-17(21)8-4-1-5-9-17)18-11-14-10-13-6-2-3-7-15(13)22-14/h2-3,6-7,10,21H,1,4-5,8-9,11-12H2,(H2,18,19,20). The summed E-state index contributed by atoms with van der Waals surface area (Å²) in [6, 6.07) is 9.38. The molecule has 0 unspecified atom stereocenters. The summed E-state index contributed by atoms with van der Waals surface area (Å²) in [7, 11) is 0. The molecule has 1 fully saturated rings. The quantitative estimate of drug-likeness (QED) is 0.813. The molecule has 3 N–H and O–H groups in total. The summed E-state index contributed by atoms with van der Waals surface area (Å²) in [5, 5.41) is 16.9. The van der Waals surface area contributed by atoms with Crippen LogP contribution in [0.1, 0.15) is 37.9 Å². The Morgan fingerprint density at radius 1 is 1.18 bits per heavy atom. The van der Waals surface area contributed by atoms with Gasteiger partial charge in [-0.05, 0) is 25.0 Å². The summed E-state index contributed by atoms with van der Waals surface area (Å²) >= 11 is 0. The average molecular weight is 302 g/mol. The van der Waals surface area contributed by atoms with E-state index in [2.05, 4.69) is 10.6 Å². The molecular formula is C17H22N2O3. The average Bonchev–Trinajstić information content (AvgIpc) is 2.95. The molecule has 3 rings (SSSR count). The van der Waals surface area contributed by atoms with E-state index in [-0.39, 0.29) is 6.03 Å². The van der Waals surface area contributed by atoms with Gasteiger partial charge in [0.2, 0.25) is 0 Å². The molecule has 0 aliphatic heterocycles. The second kappa shape index (κ2) is 6.40. The molecule has 0 spiro atoms. The van der Waals surface area contributed by atoms with Crippen molar-refractivity contribution in [1.29, 1.82) is 0 Å². The highest BCUT2D eigenvalue weighted by Gasteiger charge is 2.29. The van der Waals surface area contributed by atoms with Gasteiger partial charge in [0.05, 0.1) is 12.1 Å². The number of para-hydroxylation sites is 1. The highest BCUT2D eigenvalue weighted by molar-refractivity contribution is 5.78. The van der Waals surface area contributed by atoms with Crippen LogP contribution < -0.4 is 10.6 Å². The summed E-state index contributed by atoms with van der Waals surface area (Å²) in [6.45, 7) is 0.637. The Kier molecular flexibility index (Phi) is 4.34. The zero-order valence-electron chi connectivity index (χ0n) is 12.6. The van der Waals surface area contributed by atoms with Gasteiger partial charge in [-0.15, -0.1) is 0 Å². The van der Waals surface area contributed by atoms with E-state index < -0.39 is 5.60 Å². The van der Waals surface area contributed by atoms with Gasteiger partial charge in [0.1, 0.15) is 11.3 Å². The van der Waals surface area contributed by atoms with Crippen LogP contribution in [0.15, 0.2) is 34.7 Å². The van der Waals surface area contributed by atoms with Crippen molar-refractivity contribution in [2.75, 3.05) is 6.54 Å². The van der Waals surface area contributed by atoms with Crippen LogP contribution >= 0.6 is 0 Å². The van der Waals surface area contributed by atoms with Gasteiger partial charge in [-0.3, -0.25) is 0 Å². The first-order valence-corrected chi connectivity index (χ1v) is 7.86. The minimum absolute atomic E-state index is 0.278. The molecule has 2 amide bonds. The van der Waals surface area contributed by atoms with Gasteiger partial charge in [-0.1, -0.05) is 37.5 Å². The normalized spacial score (nSPS) is 17.3. The number of carbonyl (C=O) groups excluding carboxylic acids is 1. The number of urea groups is 1. The maximum absolute atomic E-state index is 11.8. The van der Waals surface area contributed by atoms with E-state index in [9.17, 15) is 9.90 Å². The fraction of sp³-hybridized carbons (Fsp3) is 0.471. The SMILES string of the molecule is O=C(NCc1cc2ccccc2o1)NCC1(O)CCCCC1. The van der Waals surface area contributed by atoms with Gasteiger partial charge in [0.25, 0.3) is 0 Å². The Morgan fingerprint density at radius 3 is 2.73 bits per heavy atom. The number of aliphatic hydroxyl groups is 1. The van der Waals surface area contributed by atoms with Gasteiger partial charge >= 0.3 is 6.03 Å². The molecule has 2 aromatic rings. The van der Waals surface area contributed by atoms with E-state index in [0.717, 1.165) is 36.7 Å². The molecule has 5 nitrogen and oxygen atoms in total. The molecule has 0 saturated heterocycles. The molecule has 0 atom stereocenters. The van der Waals surface area contributed by atoms with Crippen LogP contribution in [0.25, 0.3) is 11.0 Å². The van der Waals surface area contributed by atoms with Crippen LogP contribution in [0.2, 0.25) is 0 Å². The molecule has 1 saturated carbocycles. The van der Waals surface area contributed by atoms with Crippen molar-refractivity contribution in [3.05, 3.63) is 36.1 Å². The van der Waals surface area contributed by atoms with Crippen molar-refractivity contribution in [1.82, 2.24) is 10.6 Å². The van der Waals surface area contributed by atoms with Crippen LogP contribution in [0.4, 0.5) is 4.79 Å². The number of carbonyl (C=O) groups is 1. The van der Waals surface area contributed by atoms with E-state index in [1.807, 2.05) is 30.3 Å². The predicted octanol–water partition coefficient (Wildman–Crippen LogP) is 2.93. The second-order valence-corrected chi connectivity index (χ2v) is 6.07. The Morgan fingerprint density at radius 2 is 1.95 bits per heavy atom. The first kappa shape index (κ1) is 14.9. The molecule has 118 valence electrons. The molecule has 1 aliphatic rings. The molecule has 1 aromatic heterocycles. The molecule has 1 aliphatic carbocycles. The van der Waals surface area contributed by atoms with E-state index in [0.29, 0.717) is 18.8 Å². The van der Waals surface area contributed by atoms with Crippen molar-refractivity contribution < 1.29 is 14.3 Å². The summed E-state index contributed by atoms with van der Waals surface area (Å²) in [5.41, 5.74) is 0.0748. The minimum Gasteiger partial charge on any atom is -0.459 e. The van der Waals surface area contributed by atoms with E-state index in [4.69, 9.17) is 4.42 Å². The monoisotopic (exact) mass is 302 g/mol. The highest BCUT2D eigenvalue weighted by atomic mass is 16.3. The minimum atomic E-state index is -0.741. The van der Waals surface area contributed by atoms with Crippen LogP contribution in [0.3, 0.4) is 0 Å². The molecule has 1 heterocycles. The predicted molar refractivity (Wildman–Crippen MR) is 84.5 cm³/mol. The van der Waals surface area contributed by atoms with Crippen molar-refractivity contribution in [3.8, 4) is 0 Å². The Balaban J connectivity index is 1.47. The van der Waals surface area contributed by atoms with E-state index in [1.165, 1.54) is 6.42 Å². The number of amides is 2. The van der Waals surface area contributed by atoms with E-state index >= 15 is 0 Å². The Labute approximate surface area is 129 Å². The zero-order valence-corrected chi connectivity index (χ0v) is 12.6.